The molecule has 2 N–H and O–H groups in total. The summed E-state index contributed by atoms with van der Waals surface area (Å²) in [6.07, 6.45) is 0.828. The van der Waals surface area contributed by atoms with Crippen molar-refractivity contribution in [2.75, 3.05) is 6.61 Å². The summed E-state index contributed by atoms with van der Waals surface area (Å²) in [5.41, 5.74) is 12.0. The third kappa shape index (κ3) is 4.19. The van der Waals surface area contributed by atoms with Crippen molar-refractivity contribution in [1.82, 2.24) is 20.2 Å². The third-order valence-electron chi connectivity index (χ3n) is 5.24. The van der Waals surface area contributed by atoms with Crippen molar-refractivity contribution in [3.05, 3.63) is 63.8 Å². The van der Waals surface area contributed by atoms with Crippen LogP contribution in [0, 0.1) is 0 Å². The molecule has 4 aromatic rings. The fraction of sp³-hybridized carbons (Fsp3) is 0.250. The maximum Gasteiger partial charge on any atom is 0.348 e. The number of aryl methyl sites for hydroxylation is 2. The first kappa shape index (κ1) is 21.9. The van der Waals surface area contributed by atoms with E-state index in [2.05, 4.69) is 34.5 Å². The van der Waals surface area contributed by atoms with Crippen LogP contribution in [0.25, 0.3) is 33.6 Å². The summed E-state index contributed by atoms with van der Waals surface area (Å²) in [6, 6.07) is 16.2. The zero-order valence-electron chi connectivity index (χ0n) is 18.3. The van der Waals surface area contributed by atoms with Crippen molar-refractivity contribution in [3.8, 4) is 33.6 Å². The minimum atomic E-state index is -0.292. The maximum atomic E-state index is 12.6. The van der Waals surface area contributed by atoms with E-state index < -0.39 is 0 Å². The first-order valence-electron chi connectivity index (χ1n) is 10.5. The van der Waals surface area contributed by atoms with E-state index in [-0.39, 0.29) is 5.97 Å². The van der Waals surface area contributed by atoms with Gasteiger partial charge in [-0.25, -0.2) is 4.79 Å². The fourth-order valence-corrected chi connectivity index (χ4v) is 4.88. The lowest BCUT2D eigenvalue weighted by Crippen LogP contribution is -2.05. The number of nitrogens with two attached hydrogens (primary N) is 1. The molecule has 2 aromatic heterocycles. The summed E-state index contributed by atoms with van der Waals surface area (Å²) in [5, 5.41) is 12.2. The Morgan fingerprint density at radius 3 is 2.09 bits per heavy atom. The number of nitrogens with zero attached hydrogens (tertiary/aromatic N) is 4. The number of carbonyl (C=O) groups is 1. The molecule has 4 rings (SSSR count). The Kier molecular flexibility index (Phi) is 6.43. The van der Waals surface area contributed by atoms with E-state index in [0.29, 0.717) is 23.9 Å². The van der Waals surface area contributed by atoms with Gasteiger partial charge in [-0.05, 0) is 40.8 Å². The molecule has 0 aliphatic rings. The van der Waals surface area contributed by atoms with Gasteiger partial charge in [0.1, 0.15) is 4.88 Å². The molecule has 0 atom stereocenters. The van der Waals surface area contributed by atoms with E-state index in [1.807, 2.05) is 43.3 Å². The molecule has 0 unspecified atom stereocenters. The van der Waals surface area contributed by atoms with Gasteiger partial charge in [0.25, 0.3) is 0 Å². The van der Waals surface area contributed by atoms with Gasteiger partial charge < -0.3 is 10.5 Å². The van der Waals surface area contributed by atoms with Gasteiger partial charge >= 0.3 is 5.97 Å². The molecule has 0 aliphatic carbocycles. The quantitative estimate of drug-likeness (QED) is 0.420. The molecule has 164 valence electrons. The van der Waals surface area contributed by atoms with Gasteiger partial charge in [-0.15, -0.1) is 21.5 Å². The van der Waals surface area contributed by atoms with Crippen LogP contribution in [0.5, 0.6) is 0 Å². The van der Waals surface area contributed by atoms with Crippen LogP contribution in [0.15, 0.2) is 48.5 Å². The number of carbonyl (C=O) groups excluding carboxylic acids is 1. The van der Waals surface area contributed by atoms with Crippen LogP contribution < -0.4 is 5.73 Å². The highest BCUT2D eigenvalue weighted by atomic mass is 32.1. The van der Waals surface area contributed by atoms with Crippen molar-refractivity contribution in [2.24, 2.45) is 12.8 Å². The number of hydrogen-bond acceptors (Lipinski definition) is 7. The summed E-state index contributed by atoms with van der Waals surface area (Å²) in [6.45, 7) is 4.62. The first-order chi connectivity index (χ1) is 15.5. The number of thiophene rings is 1. The zero-order valence-corrected chi connectivity index (χ0v) is 19.1. The van der Waals surface area contributed by atoms with Crippen molar-refractivity contribution >= 4 is 17.3 Å². The molecule has 8 heteroatoms. The van der Waals surface area contributed by atoms with Crippen LogP contribution in [0.1, 0.15) is 34.0 Å². The van der Waals surface area contributed by atoms with E-state index in [4.69, 9.17) is 10.5 Å². The predicted molar refractivity (Wildman–Crippen MR) is 126 cm³/mol. The number of ether oxygens (including phenoxy) is 1. The summed E-state index contributed by atoms with van der Waals surface area (Å²) in [7, 11) is 1.74. The van der Waals surface area contributed by atoms with Crippen LogP contribution in [0.3, 0.4) is 0 Å². The summed E-state index contributed by atoms with van der Waals surface area (Å²) >= 11 is 1.48. The largest absolute Gasteiger partial charge is 0.462 e. The highest BCUT2D eigenvalue weighted by molar-refractivity contribution is 7.14. The predicted octanol–water partition coefficient (Wildman–Crippen LogP) is 4.47. The zero-order chi connectivity index (χ0) is 22.7. The summed E-state index contributed by atoms with van der Waals surface area (Å²) in [5.74, 6) is 0.304. The Hall–Kier alpha value is -3.36. The molecular weight excluding hydrogens is 422 g/mol. The average molecular weight is 448 g/mol. The topological polar surface area (TPSA) is 95.9 Å². The molecule has 0 saturated heterocycles. The van der Waals surface area contributed by atoms with E-state index >= 15 is 0 Å². The van der Waals surface area contributed by atoms with Gasteiger partial charge in [0.05, 0.1) is 13.7 Å². The minimum Gasteiger partial charge on any atom is -0.462 e. The Labute approximate surface area is 190 Å². The fourth-order valence-electron chi connectivity index (χ4n) is 3.70. The van der Waals surface area contributed by atoms with E-state index in [1.54, 1.807) is 7.05 Å². The molecular formula is C24H25N5O2S. The number of esters is 1. The molecule has 2 heterocycles. The Morgan fingerprint density at radius 2 is 1.59 bits per heavy atom. The van der Waals surface area contributed by atoms with Crippen molar-refractivity contribution < 1.29 is 9.53 Å². The molecule has 0 saturated carbocycles. The Bertz CT molecular complexity index is 1230. The number of benzene rings is 2. The maximum absolute atomic E-state index is 12.6. The molecule has 0 radical (unpaired) electrons. The third-order valence-corrected chi connectivity index (χ3v) is 6.59. The highest BCUT2D eigenvalue weighted by Gasteiger charge is 2.23. The van der Waals surface area contributed by atoms with Crippen LogP contribution >= 0.6 is 11.3 Å². The Balaban J connectivity index is 1.67. The monoisotopic (exact) mass is 447 g/mol. The lowest BCUT2D eigenvalue weighted by atomic mass is 9.96. The summed E-state index contributed by atoms with van der Waals surface area (Å²) < 4.78 is 5.30. The van der Waals surface area contributed by atoms with Gasteiger partial charge in [-0.1, -0.05) is 55.5 Å². The molecule has 7 nitrogen and oxygen atoms in total. The molecule has 0 aliphatic heterocycles. The highest BCUT2D eigenvalue weighted by Crippen LogP contribution is 2.38. The molecule has 32 heavy (non-hydrogen) atoms. The smallest absolute Gasteiger partial charge is 0.348 e. The molecule has 2 aromatic carbocycles. The molecule has 0 bridgehead atoms. The van der Waals surface area contributed by atoms with Gasteiger partial charge in [-0.2, -0.15) is 4.80 Å². The summed E-state index contributed by atoms with van der Waals surface area (Å²) in [4.78, 5) is 15.8. The molecule has 0 spiro atoms. The van der Waals surface area contributed by atoms with Crippen LogP contribution in [0.2, 0.25) is 0 Å². The number of tetrazole rings is 1. The van der Waals surface area contributed by atoms with E-state index in [9.17, 15) is 4.79 Å². The van der Waals surface area contributed by atoms with Crippen LogP contribution in [0.4, 0.5) is 0 Å². The van der Waals surface area contributed by atoms with Gasteiger partial charge in [0.2, 0.25) is 5.82 Å². The van der Waals surface area contributed by atoms with E-state index in [1.165, 1.54) is 16.1 Å². The van der Waals surface area contributed by atoms with Crippen molar-refractivity contribution in [1.29, 1.82) is 0 Å². The lowest BCUT2D eigenvalue weighted by molar-refractivity contribution is 0.0533. The second-order valence-corrected chi connectivity index (χ2v) is 8.35. The van der Waals surface area contributed by atoms with Crippen LogP contribution in [-0.4, -0.2) is 32.8 Å². The van der Waals surface area contributed by atoms with Gasteiger partial charge in [0, 0.05) is 22.5 Å². The SMILES string of the molecule is CCOC(=O)c1sc(CC)c(CN)c1-c1ccc(-c2ccc(-c3nnn(C)n3)cc2)cc1. The molecule has 0 amide bonds. The number of hydrogen-bond donors (Lipinski definition) is 1. The van der Waals surface area contributed by atoms with Gasteiger partial charge in [0.15, 0.2) is 0 Å². The number of rotatable bonds is 7. The van der Waals surface area contributed by atoms with Crippen LogP contribution in [-0.2, 0) is 24.8 Å². The van der Waals surface area contributed by atoms with Crippen molar-refractivity contribution in [2.45, 2.75) is 26.8 Å². The van der Waals surface area contributed by atoms with E-state index in [0.717, 1.165) is 44.7 Å². The Morgan fingerprint density at radius 1 is 1.00 bits per heavy atom. The lowest BCUT2D eigenvalue weighted by Gasteiger charge is -2.09. The molecule has 0 fully saturated rings. The second kappa shape index (κ2) is 9.42. The standard InChI is InChI=1S/C24H25N5O2S/c1-4-20-19(14-25)21(22(32-20)24(30)31-5-2)17-10-6-15(7-11-17)16-8-12-18(13-9-16)23-26-28-29(3)27-23/h6-13H,4-5,14,25H2,1-3H3. The normalized spacial score (nSPS) is 11.0. The second-order valence-electron chi connectivity index (χ2n) is 7.24. The average Bonchev–Trinajstić information content (AvgIpc) is 3.43. The first-order valence-corrected chi connectivity index (χ1v) is 11.3. The van der Waals surface area contributed by atoms with Gasteiger partial charge in [-0.3, -0.25) is 0 Å². The number of aromatic nitrogens is 4. The van der Waals surface area contributed by atoms with Crippen molar-refractivity contribution in [3.63, 3.8) is 0 Å². The minimum absolute atomic E-state index is 0.292.